The Kier molecular flexibility index (Phi) is 7.47. The van der Waals surface area contributed by atoms with Crippen LogP contribution in [0.3, 0.4) is 0 Å². The Morgan fingerprint density at radius 1 is 1.24 bits per heavy atom. The summed E-state index contributed by atoms with van der Waals surface area (Å²) in [7, 11) is 1.49. The third-order valence-corrected chi connectivity index (χ3v) is 8.45. The summed E-state index contributed by atoms with van der Waals surface area (Å²) in [6.07, 6.45) is 12.7. The predicted octanol–water partition coefficient (Wildman–Crippen LogP) is 7.31. The summed E-state index contributed by atoms with van der Waals surface area (Å²) in [4.78, 5) is 13.1. The molecule has 1 heterocycles. The van der Waals surface area contributed by atoms with Crippen molar-refractivity contribution in [2.24, 2.45) is 11.3 Å². The lowest BCUT2D eigenvalue weighted by molar-refractivity contribution is -0.159. The number of methoxy groups -OCH3 is 1. The van der Waals surface area contributed by atoms with E-state index in [9.17, 15) is 4.79 Å². The Labute approximate surface area is 208 Å². The van der Waals surface area contributed by atoms with E-state index < -0.39 is 0 Å². The van der Waals surface area contributed by atoms with Crippen molar-refractivity contribution in [1.29, 1.82) is 0 Å². The van der Waals surface area contributed by atoms with E-state index in [2.05, 4.69) is 80.5 Å². The zero-order valence-electron chi connectivity index (χ0n) is 20.9. The van der Waals surface area contributed by atoms with E-state index in [1.807, 2.05) is 0 Å². The Balaban J connectivity index is 1.37. The van der Waals surface area contributed by atoms with Gasteiger partial charge in [-0.15, -0.1) is 11.3 Å². The van der Waals surface area contributed by atoms with Gasteiger partial charge in [-0.25, -0.2) is 0 Å². The molecule has 180 valence electrons. The standard InChI is InChI=1S/C30H37NO2S/c1-6-8-23(9-7-2)24-12-10-22(11-13-24)14-27-21(4)34-19-28(27)20(3)31-26-17-30(18-26)15-25(16-30)29(32)33-5/h6,8-13,19,25-26,31H,3,7,14-18H2,1-2,4-5H3/b8-6-,23-9+. The number of hydrogen-bond acceptors (Lipinski definition) is 4. The predicted molar refractivity (Wildman–Crippen MR) is 144 cm³/mol. The second kappa shape index (κ2) is 10.4. The molecule has 3 nitrogen and oxygen atoms in total. The molecular formula is C30H37NO2S. The van der Waals surface area contributed by atoms with Gasteiger partial charge in [0.1, 0.15) is 0 Å². The maximum absolute atomic E-state index is 11.7. The highest BCUT2D eigenvalue weighted by Gasteiger charge is 2.55. The van der Waals surface area contributed by atoms with Gasteiger partial charge in [-0.2, -0.15) is 0 Å². The smallest absolute Gasteiger partial charge is 0.308 e. The Morgan fingerprint density at radius 3 is 2.56 bits per heavy atom. The van der Waals surface area contributed by atoms with Crippen molar-refractivity contribution >= 4 is 28.6 Å². The number of thiophene rings is 1. The van der Waals surface area contributed by atoms with Gasteiger partial charge >= 0.3 is 5.97 Å². The Morgan fingerprint density at radius 2 is 1.94 bits per heavy atom. The molecule has 2 saturated carbocycles. The normalized spacial score (nSPS) is 24.1. The topological polar surface area (TPSA) is 38.3 Å². The largest absolute Gasteiger partial charge is 0.469 e. The molecule has 0 bridgehead atoms. The first-order valence-corrected chi connectivity index (χ1v) is 13.3. The van der Waals surface area contributed by atoms with Crippen LogP contribution >= 0.6 is 11.3 Å². The highest BCUT2D eigenvalue weighted by Crippen LogP contribution is 2.59. The molecule has 1 N–H and O–H groups in total. The third-order valence-electron chi connectivity index (χ3n) is 7.50. The minimum atomic E-state index is -0.0442. The lowest BCUT2D eigenvalue weighted by Gasteiger charge is -2.57. The van der Waals surface area contributed by atoms with Gasteiger partial charge in [0.2, 0.25) is 0 Å². The van der Waals surface area contributed by atoms with Gasteiger partial charge < -0.3 is 10.1 Å². The van der Waals surface area contributed by atoms with Crippen molar-refractivity contribution in [3.63, 3.8) is 0 Å². The number of benzene rings is 1. The second-order valence-electron chi connectivity index (χ2n) is 9.98. The molecule has 4 rings (SSSR count). The molecule has 1 aromatic carbocycles. The summed E-state index contributed by atoms with van der Waals surface area (Å²) in [6.45, 7) is 10.8. The van der Waals surface area contributed by atoms with E-state index in [1.165, 1.54) is 39.8 Å². The van der Waals surface area contributed by atoms with Crippen LogP contribution in [0.1, 0.15) is 73.1 Å². The molecule has 4 heteroatoms. The van der Waals surface area contributed by atoms with Crippen LogP contribution in [0, 0.1) is 18.3 Å². The van der Waals surface area contributed by atoms with E-state index in [-0.39, 0.29) is 11.9 Å². The minimum Gasteiger partial charge on any atom is -0.469 e. The van der Waals surface area contributed by atoms with Crippen LogP contribution in [-0.4, -0.2) is 19.1 Å². The number of rotatable bonds is 9. The first kappa shape index (κ1) is 24.5. The molecule has 0 unspecified atom stereocenters. The highest BCUT2D eigenvalue weighted by atomic mass is 32.1. The van der Waals surface area contributed by atoms with Crippen molar-refractivity contribution < 1.29 is 9.53 Å². The quantitative estimate of drug-likeness (QED) is 0.305. The zero-order chi connectivity index (χ0) is 24.3. The summed E-state index contributed by atoms with van der Waals surface area (Å²) < 4.78 is 4.90. The fourth-order valence-electron chi connectivity index (χ4n) is 5.72. The molecule has 0 amide bonds. The van der Waals surface area contributed by atoms with E-state index in [1.54, 1.807) is 11.3 Å². The summed E-state index contributed by atoms with van der Waals surface area (Å²) in [5.41, 5.74) is 7.86. The van der Waals surface area contributed by atoms with Crippen molar-refractivity contribution in [1.82, 2.24) is 5.32 Å². The molecular weight excluding hydrogens is 438 g/mol. The van der Waals surface area contributed by atoms with Crippen LogP contribution in [-0.2, 0) is 16.0 Å². The summed E-state index contributed by atoms with van der Waals surface area (Å²) in [5, 5.41) is 5.93. The molecule has 0 atom stereocenters. The van der Waals surface area contributed by atoms with Crippen LogP contribution in [0.15, 0.2) is 54.5 Å². The number of carbonyl (C=O) groups excluding carboxylic acids is 1. The van der Waals surface area contributed by atoms with Crippen molar-refractivity contribution in [2.75, 3.05) is 7.11 Å². The van der Waals surface area contributed by atoms with E-state index in [0.717, 1.165) is 44.2 Å². The number of aryl methyl sites for hydroxylation is 1. The maximum Gasteiger partial charge on any atom is 0.308 e. The molecule has 2 fully saturated rings. The van der Waals surface area contributed by atoms with Crippen LogP contribution in [0.5, 0.6) is 0 Å². The van der Waals surface area contributed by atoms with E-state index in [0.29, 0.717) is 11.5 Å². The summed E-state index contributed by atoms with van der Waals surface area (Å²) in [5.74, 6) is 0.0653. The Hall–Kier alpha value is -2.59. The molecule has 2 aliphatic rings. The molecule has 1 spiro atoms. The fourth-order valence-corrected chi connectivity index (χ4v) is 6.62. The fraction of sp³-hybridized carbons (Fsp3) is 0.433. The van der Waals surface area contributed by atoms with Gasteiger partial charge in [-0.1, -0.05) is 56.0 Å². The van der Waals surface area contributed by atoms with E-state index >= 15 is 0 Å². The lowest BCUT2D eigenvalue weighted by Crippen LogP contribution is -2.56. The number of esters is 1. The monoisotopic (exact) mass is 475 g/mol. The maximum atomic E-state index is 11.7. The second-order valence-corrected chi connectivity index (χ2v) is 11.1. The average Bonchev–Trinajstić information content (AvgIpc) is 3.14. The van der Waals surface area contributed by atoms with Crippen molar-refractivity contribution in [2.45, 2.75) is 65.3 Å². The lowest BCUT2D eigenvalue weighted by atomic mass is 9.50. The molecule has 34 heavy (non-hydrogen) atoms. The summed E-state index contributed by atoms with van der Waals surface area (Å²) in [6, 6.07) is 9.43. The molecule has 2 aliphatic carbocycles. The molecule has 0 radical (unpaired) electrons. The van der Waals surface area contributed by atoms with Crippen LogP contribution in [0.25, 0.3) is 11.3 Å². The van der Waals surface area contributed by atoms with Crippen molar-refractivity contribution in [3.8, 4) is 0 Å². The van der Waals surface area contributed by atoms with Crippen LogP contribution in [0.4, 0.5) is 0 Å². The first-order chi connectivity index (χ1) is 16.4. The van der Waals surface area contributed by atoms with Crippen LogP contribution < -0.4 is 5.32 Å². The van der Waals surface area contributed by atoms with Gasteiger partial charge in [-0.05, 0) is 80.1 Å². The average molecular weight is 476 g/mol. The highest BCUT2D eigenvalue weighted by molar-refractivity contribution is 7.10. The number of ether oxygens (including phenoxy) is 1. The number of allylic oxidation sites excluding steroid dienone is 4. The third kappa shape index (κ3) is 5.07. The van der Waals surface area contributed by atoms with Gasteiger partial charge in [0.25, 0.3) is 0 Å². The Bertz CT molecular complexity index is 1090. The first-order valence-electron chi connectivity index (χ1n) is 12.4. The molecule has 0 aliphatic heterocycles. The summed E-state index contributed by atoms with van der Waals surface area (Å²) >= 11 is 1.80. The molecule has 2 aromatic rings. The minimum absolute atomic E-state index is 0.0442. The molecule has 1 aromatic heterocycles. The van der Waals surface area contributed by atoms with Gasteiger partial charge in [0.05, 0.1) is 13.0 Å². The van der Waals surface area contributed by atoms with Crippen molar-refractivity contribution in [3.05, 3.63) is 81.6 Å². The number of carbonyl (C=O) groups is 1. The van der Waals surface area contributed by atoms with E-state index in [4.69, 9.17) is 4.74 Å². The zero-order valence-corrected chi connectivity index (χ0v) is 21.8. The number of hydrogen-bond donors (Lipinski definition) is 1. The van der Waals surface area contributed by atoms with Gasteiger partial charge in [0.15, 0.2) is 0 Å². The number of nitrogens with one attached hydrogen (secondary N) is 1. The molecule has 0 saturated heterocycles. The SMILES string of the molecule is C=C(NC1CC2(C1)CC(C(=O)OC)C2)c1csc(C)c1Cc1ccc(C(/C=C\C)=C/CC)cc1. The van der Waals surface area contributed by atoms with Crippen LogP contribution in [0.2, 0.25) is 0 Å². The van der Waals surface area contributed by atoms with Gasteiger partial charge in [0, 0.05) is 27.6 Å². The van der Waals surface area contributed by atoms with Gasteiger partial charge in [-0.3, -0.25) is 4.79 Å².